The molecule has 130 valence electrons. The minimum absolute atomic E-state index is 0.0573. The van der Waals surface area contributed by atoms with Crippen LogP contribution in [0.5, 0.6) is 0 Å². The molecule has 2 aromatic rings. The van der Waals surface area contributed by atoms with Crippen LogP contribution in [0.15, 0.2) is 47.1 Å². The Morgan fingerprint density at radius 3 is 2.48 bits per heavy atom. The van der Waals surface area contributed by atoms with Crippen molar-refractivity contribution in [1.29, 1.82) is 0 Å². The normalized spacial score (nSPS) is 15.7. The van der Waals surface area contributed by atoms with Crippen LogP contribution < -0.4 is 5.32 Å². The number of benzene rings is 1. The van der Waals surface area contributed by atoms with Gasteiger partial charge in [0.25, 0.3) is 15.9 Å². The largest absolute Gasteiger partial charge is 0.505 e. The van der Waals surface area contributed by atoms with Crippen LogP contribution in [0.3, 0.4) is 0 Å². The second-order valence-electron chi connectivity index (χ2n) is 5.75. The molecule has 0 bridgehead atoms. The van der Waals surface area contributed by atoms with Gasteiger partial charge in [-0.2, -0.15) is 8.42 Å². The number of hydrogen-bond acceptors (Lipinski definition) is 5. The summed E-state index contributed by atoms with van der Waals surface area (Å²) < 4.78 is 26.3. The maximum Gasteiger partial charge on any atom is 0.282 e. The number of para-hydroxylation sites is 1. The van der Waals surface area contributed by atoms with Gasteiger partial charge in [0.15, 0.2) is 16.5 Å². The third kappa shape index (κ3) is 2.74. The monoisotopic (exact) mass is 359 g/mol. The zero-order valence-electron chi connectivity index (χ0n) is 13.9. The van der Waals surface area contributed by atoms with Crippen molar-refractivity contribution in [1.82, 2.24) is 9.29 Å². The SMILES string of the molecule is Cc1cc(C)c2c(n1)S(=O)(=O)N(C)C(C(=O)Nc1ccccc1)=C2O. The molecule has 2 N–H and O–H groups in total. The minimum atomic E-state index is -4.04. The molecule has 1 aliphatic rings. The van der Waals surface area contributed by atoms with E-state index < -0.39 is 21.7 Å². The quantitative estimate of drug-likeness (QED) is 0.856. The van der Waals surface area contributed by atoms with Gasteiger partial charge in [-0.3, -0.25) is 9.10 Å². The van der Waals surface area contributed by atoms with Gasteiger partial charge in [-0.1, -0.05) is 18.2 Å². The highest BCUT2D eigenvalue weighted by molar-refractivity contribution is 7.89. The summed E-state index contributed by atoms with van der Waals surface area (Å²) in [5.41, 5.74) is 1.25. The zero-order valence-corrected chi connectivity index (χ0v) is 14.8. The molecule has 0 spiro atoms. The summed E-state index contributed by atoms with van der Waals surface area (Å²) in [5, 5.41) is 13.0. The van der Waals surface area contributed by atoms with Gasteiger partial charge < -0.3 is 10.4 Å². The van der Waals surface area contributed by atoms with Crippen molar-refractivity contribution >= 4 is 27.4 Å². The second-order valence-corrected chi connectivity index (χ2v) is 7.64. The number of nitrogens with one attached hydrogen (secondary N) is 1. The Morgan fingerprint density at radius 2 is 1.84 bits per heavy atom. The predicted molar refractivity (Wildman–Crippen MR) is 93.3 cm³/mol. The van der Waals surface area contributed by atoms with Crippen molar-refractivity contribution in [2.75, 3.05) is 12.4 Å². The van der Waals surface area contributed by atoms with Crippen molar-refractivity contribution in [2.45, 2.75) is 18.9 Å². The number of aromatic nitrogens is 1. The van der Waals surface area contributed by atoms with E-state index in [0.717, 1.165) is 4.31 Å². The number of amides is 1. The molecule has 25 heavy (non-hydrogen) atoms. The Hall–Kier alpha value is -2.87. The molecule has 0 fully saturated rings. The maximum atomic E-state index is 12.8. The first kappa shape index (κ1) is 17.0. The molecule has 1 aromatic carbocycles. The molecule has 0 unspecified atom stereocenters. The summed E-state index contributed by atoms with van der Waals surface area (Å²) in [5.74, 6) is -1.13. The highest BCUT2D eigenvalue weighted by atomic mass is 32.2. The lowest BCUT2D eigenvalue weighted by molar-refractivity contribution is -0.113. The molecule has 2 heterocycles. The number of nitrogens with zero attached hydrogens (tertiary/aromatic N) is 2. The van der Waals surface area contributed by atoms with Crippen molar-refractivity contribution in [3.63, 3.8) is 0 Å². The minimum Gasteiger partial charge on any atom is -0.505 e. The van der Waals surface area contributed by atoms with Gasteiger partial charge in [0.05, 0.1) is 5.56 Å². The van der Waals surface area contributed by atoms with Crippen molar-refractivity contribution in [2.24, 2.45) is 0 Å². The molecule has 0 saturated carbocycles. The summed E-state index contributed by atoms with van der Waals surface area (Å²) in [4.78, 5) is 16.7. The van der Waals surface area contributed by atoms with Gasteiger partial charge in [0.1, 0.15) is 0 Å². The molecular formula is C17H17N3O4S. The number of pyridine rings is 1. The number of rotatable bonds is 2. The van der Waals surface area contributed by atoms with Crippen molar-refractivity contribution < 1.29 is 18.3 Å². The Kier molecular flexibility index (Phi) is 4.00. The third-order valence-electron chi connectivity index (χ3n) is 3.94. The molecule has 1 aliphatic heterocycles. The van der Waals surface area contributed by atoms with Crippen LogP contribution >= 0.6 is 0 Å². The smallest absolute Gasteiger partial charge is 0.282 e. The number of aryl methyl sites for hydroxylation is 2. The molecule has 1 amide bonds. The molecule has 0 radical (unpaired) electrons. The van der Waals surface area contributed by atoms with Crippen LogP contribution in [-0.2, 0) is 14.8 Å². The number of likely N-dealkylation sites (N-methyl/N-ethyl adjacent to an activating group) is 1. The Bertz CT molecular complexity index is 998. The van der Waals surface area contributed by atoms with Crippen LogP contribution in [0.1, 0.15) is 16.8 Å². The van der Waals surface area contributed by atoms with E-state index >= 15 is 0 Å². The fourth-order valence-electron chi connectivity index (χ4n) is 2.76. The average molecular weight is 359 g/mol. The van der Waals surface area contributed by atoms with Crippen LogP contribution in [0, 0.1) is 13.8 Å². The number of carbonyl (C=O) groups is 1. The summed E-state index contributed by atoms with van der Waals surface area (Å²) in [6, 6.07) is 10.2. The fraction of sp³-hybridized carbons (Fsp3) is 0.176. The molecule has 0 aliphatic carbocycles. The van der Waals surface area contributed by atoms with E-state index in [4.69, 9.17) is 0 Å². The summed E-state index contributed by atoms with van der Waals surface area (Å²) in [7, 11) is -2.83. The number of anilines is 1. The Balaban J connectivity index is 2.17. The molecule has 7 nitrogen and oxygen atoms in total. The van der Waals surface area contributed by atoms with Crippen LogP contribution in [0.25, 0.3) is 5.76 Å². The van der Waals surface area contributed by atoms with E-state index in [1.54, 1.807) is 50.2 Å². The van der Waals surface area contributed by atoms with Crippen LogP contribution in [0.2, 0.25) is 0 Å². The number of carbonyl (C=O) groups excluding carboxylic acids is 1. The Labute approximate surface area is 145 Å². The predicted octanol–water partition coefficient (Wildman–Crippen LogP) is 2.20. The lowest BCUT2D eigenvalue weighted by atomic mass is 10.1. The molecule has 8 heteroatoms. The fourth-order valence-corrected chi connectivity index (χ4v) is 4.20. The second kappa shape index (κ2) is 5.89. The van der Waals surface area contributed by atoms with E-state index in [0.29, 0.717) is 16.9 Å². The molecule has 0 saturated heterocycles. The lowest BCUT2D eigenvalue weighted by Crippen LogP contribution is -2.38. The number of hydrogen-bond donors (Lipinski definition) is 2. The van der Waals surface area contributed by atoms with Gasteiger partial charge >= 0.3 is 0 Å². The number of aliphatic hydroxyl groups excluding tert-OH is 1. The molecular weight excluding hydrogens is 342 g/mol. The lowest BCUT2D eigenvalue weighted by Gasteiger charge is -2.28. The average Bonchev–Trinajstić information content (AvgIpc) is 2.53. The summed E-state index contributed by atoms with van der Waals surface area (Å²) >= 11 is 0. The van der Waals surface area contributed by atoms with Crippen LogP contribution in [0.4, 0.5) is 5.69 Å². The molecule has 3 rings (SSSR count). The van der Waals surface area contributed by atoms with E-state index in [-0.39, 0.29) is 16.3 Å². The number of sulfonamides is 1. The topological polar surface area (TPSA) is 99.6 Å². The summed E-state index contributed by atoms with van der Waals surface area (Å²) in [6.45, 7) is 3.33. The van der Waals surface area contributed by atoms with E-state index in [1.165, 1.54) is 7.05 Å². The van der Waals surface area contributed by atoms with Gasteiger partial charge in [-0.25, -0.2) is 4.98 Å². The first-order chi connectivity index (χ1) is 11.7. The van der Waals surface area contributed by atoms with Crippen molar-refractivity contribution in [3.8, 4) is 0 Å². The highest BCUT2D eigenvalue weighted by Crippen LogP contribution is 2.36. The first-order valence-corrected chi connectivity index (χ1v) is 8.94. The van der Waals surface area contributed by atoms with E-state index in [9.17, 15) is 18.3 Å². The van der Waals surface area contributed by atoms with Gasteiger partial charge in [0.2, 0.25) is 0 Å². The van der Waals surface area contributed by atoms with Crippen molar-refractivity contribution in [3.05, 3.63) is 58.9 Å². The highest BCUT2D eigenvalue weighted by Gasteiger charge is 2.40. The van der Waals surface area contributed by atoms with Gasteiger partial charge in [-0.15, -0.1) is 0 Å². The van der Waals surface area contributed by atoms with E-state index in [2.05, 4.69) is 10.3 Å². The van der Waals surface area contributed by atoms with Gasteiger partial charge in [-0.05, 0) is 37.6 Å². The standard InChI is InChI=1S/C17H17N3O4S/c1-10-9-11(2)18-17-13(10)15(21)14(20(3)25(17,23)24)16(22)19-12-7-5-4-6-8-12/h4-9,21H,1-3H3,(H,19,22). The third-order valence-corrected chi connectivity index (χ3v) is 5.63. The maximum absolute atomic E-state index is 12.8. The number of fused-ring (bicyclic) bond motifs is 1. The van der Waals surface area contributed by atoms with E-state index in [1.807, 2.05) is 0 Å². The zero-order chi connectivity index (χ0) is 18.4. The molecule has 0 atom stereocenters. The van der Waals surface area contributed by atoms with Crippen LogP contribution in [-0.4, -0.2) is 35.8 Å². The summed E-state index contributed by atoms with van der Waals surface area (Å²) in [6.07, 6.45) is 0. The number of aliphatic hydroxyl groups is 1. The molecule has 1 aromatic heterocycles. The van der Waals surface area contributed by atoms with Gasteiger partial charge in [0, 0.05) is 18.4 Å². The first-order valence-electron chi connectivity index (χ1n) is 7.50. The Morgan fingerprint density at radius 1 is 1.20 bits per heavy atom.